The minimum Gasteiger partial charge on any atom is -0.369 e. The van der Waals surface area contributed by atoms with Gasteiger partial charge < -0.3 is 15.1 Å². The van der Waals surface area contributed by atoms with E-state index in [1.807, 2.05) is 4.90 Å². The Morgan fingerprint density at radius 2 is 2.21 bits per heavy atom. The molecule has 6 heteroatoms. The van der Waals surface area contributed by atoms with Crippen molar-refractivity contribution >= 4 is 17.5 Å². The Balaban J connectivity index is 1.63. The Bertz CT molecular complexity index is 688. The summed E-state index contributed by atoms with van der Waals surface area (Å²) < 4.78 is 0. The largest absolute Gasteiger partial charge is 0.369 e. The van der Waals surface area contributed by atoms with Gasteiger partial charge in [0.15, 0.2) is 0 Å². The molecule has 3 atom stereocenters. The van der Waals surface area contributed by atoms with E-state index in [9.17, 15) is 4.79 Å². The maximum Gasteiger partial charge on any atom is 0.248 e. The zero-order valence-electron chi connectivity index (χ0n) is 14.5. The molecule has 1 amide bonds. The highest BCUT2D eigenvalue weighted by Crippen LogP contribution is 2.45. The number of likely N-dealkylation sites (tertiary alicyclic amines) is 1. The smallest absolute Gasteiger partial charge is 0.248 e. The first-order valence-electron chi connectivity index (χ1n) is 8.86. The van der Waals surface area contributed by atoms with Crippen LogP contribution in [-0.2, 0) is 4.79 Å². The number of nitrogens with zero attached hydrogens (tertiary/aromatic N) is 4. The maximum absolute atomic E-state index is 12.3. The summed E-state index contributed by atoms with van der Waals surface area (Å²) in [5.41, 5.74) is 1.90. The van der Waals surface area contributed by atoms with Crippen LogP contribution >= 0.6 is 0 Å². The zero-order chi connectivity index (χ0) is 16.8. The Morgan fingerprint density at radius 1 is 1.38 bits per heavy atom. The lowest BCUT2D eigenvalue weighted by Gasteiger charge is -2.44. The molecule has 2 unspecified atom stereocenters. The van der Waals surface area contributed by atoms with Gasteiger partial charge in [0, 0.05) is 49.3 Å². The van der Waals surface area contributed by atoms with E-state index >= 15 is 0 Å². The van der Waals surface area contributed by atoms with Gasteiger partial charge in [0.05, 0.1) is 0 Å². The topological polar surface area (TPSA) is 61.4 Å². The molecule has 4 rings (SSSR count). The molecule has 6 nitrogen and oxygen atoms in total. The number of carbonyl (C=O) groups is 1. The van der Waals surface area contributed by atoms with Crippen molar-refractivity contribution in [3.63, 3.8) is 0 Å². The fraction of sp³-hybridized carbons (Fsp3) is 0.611. The molecule has 1 fully saturated rings. The number of anilines is 2. The lowest BCUT2D eigenvalue weighted by molar-refractivity contribution is -0.128. The first-order valence-corrected chi connectivity index (χ1v) is 8.86. The summed E-state index contributed by atoms with van der Waals surface area (Å²) >= 11 is 0. The van der Waals surface area contributed by atoms with Crippen molar-refractivity contribution in [2.45, 2.75) is 38.6 Å². The van der Waals surface area contributed by atoms with Gasteiger partial charge in [0.2, 0.25) is 5.91 Å². The molecule has 24 heavy (non-hydrogen) atoms. The van der Waals surface area contributed by atoms with Gasteiger partial charge in [-0.25, -0.2) is 9.97 Å². The molecule has 1 saturated heterocycles. The summed E-state index contributed by atoms with van der Waals surface area (Å²) in [4.78, 5) is 25.7. The highest BCUT2D eigenvalue weighted by Gasteiger charge is 2.41. The fourth-order valence-corrected chi connectivity index (χ4v) is 4.40. The Hall–Kier alpha value is -2.11. The molecule has 0 aromatic carbocycles. The molecule has 0 bridgehead atoms. The third-order valence-corrected chi connectivity index (χ3v) is 5.66. The lowest BCUT2D eigenvalue weighted by atomic mass is 9.84. The van der Waals surface area contributed by atoms with E-state index in [1.54, 1.807) is 13.3 Å². The fourth-order valence-electron chi connectivity index (χ4n) is 4.40. The van der Waals surface area contributed by atoms with E-state index in [2.05, 4.69) is 33.7 Å². The van der Waals surface area contributed by atoms with Crippen molar-refractivity contribution in [1.82, 2.24) is 14.9 Å². The third kappa shape index (κ3) is 2.36. The molecule has 128 valence electrons. The number of hydrogen-bond acceptors (Lipinski definition) is 5. The van der Waals surface area contributed by atoms with Gasteiger partial charge in [-0.2, -0.15) is 0 Å². The number of piperidine rings is 1. The van der Waals surface area contributed by atoms with Crippen LogP contribution in [0.2, 0.25) is 0 Å². The number of rotatable bonds is 2. The van der Waals surface area contributed by atoms with Crippen molar-refractivity contribution < 1.29 is 4.79 Å². The normalized spacial score (nSPS) is 28.3. The second kappa shape index (κ2) is 5.76. The molecule has 1 aromatic rings. The predicted octanol–water partition coefficient (Wildman–Crippen LogP) is 2.01. The van der Waals surface area contributed by atoms with Crippen LogP contribution in [0.3, 0.4) is 0 Å². The van der Waals surface area contributed by atoms with Crippen molar-refractivity contribution in [1.29, 1.82) is 0 Å². The number of aromatic nitrogens is 2. The quantitative estimate of drug-likeness (QED) is 0.842. The van der Waals surface area contributed by atoms with Crippen LogP contribution in [0.1, 0.15) is 38.2 Å². The monoisotopic (exact) mass is 327 g/mol. The summed E-state index contributed by atoms with van der Waals surface area (Å²) in [7, 11) is 0. The Labute approximate surface area is 143 Å². The number of hydrogen-bond donors (Lipinski definition) is 1. The van der Waals surface area contributed by atoms with Gasteiger partial charge in [0.25, 0.3) is 0 Å². The van der Waals surface area contributed by atoms with Crippen molar-refractivity contribution in [3.05, 3.63) is 24.0 Å². The van der Waals surface area contributed by atoms with Gasteiger partial charge in [0.1, 0.15) is 18.0 Å². The van der Waals surface area contributed by atoms with Crippen LogP contribution in [0.5, 0.6) is 0 Å². The third-order valence-electron chi connectivity index (χ3n) is 5.66. The predicted molar refractivity (Wildman–Crippen MR) is 94.2 cm³/mol. The van der Waals surface area contributed by atoms with Crippen LogP contribution < -0.4 is 10.2 Å². The van der Waals surface area contributed by atoms with Crippen molar-refractivity contribution in [2.75, 3.05) is 36.4 Å². The van der Waals surface area contributed by atoms with Crippen molar-refractivity contribution in [3.8, 4) is 0 Å². The Morgan fingerprint density at radius 3 is 3.00 bits per heavy atom. The summed E-state index contributed by atoms with van der Waals surface area (Å²) in [6.07, 6.45) is 3.79. The SMILES string of the molecule is C=C(C)C(=O)N1CCC[C@@H](N2CC(C)C3CNc4ncnc2c43)C1. The molecule has 0 spiro atoms. The lowest BCUT2D eigenvalue weighted by Crippen LogP contribution is -2.53. The number of amides is 1. The van der Waals surface area contributed by atoms with Crippen LogP contribution in [0.25, 0.3) is 0 Å². The average molecular weight is 327 g/mol. The van der Waals surface area contributed by atoms with E-state index in [0.717, 1.165) is 50.7 Å². The van der Waals surface area contributed by atoms with Crippen LogP contribution in [0.4, 0.5) is 11.6 Å². The minimum absolute atomic E-state index is 0.0808. The molecular weight excluding hydrogens is 302 g/mol. The number of carbonyl (C=O) groups excluding carboxylic acids is 1. The minimum atomic E-state index is 0.0808. The van der Waals surface area contributed by atoms with Gasteiger partial charge in [-0.15, -0.1) is 0 Å². The van der Waals surface area contributed by atoms with E-state index in [1.165, 1.54) is 5.56 Å². The average Bonchev–Trinajstić information content (AvgIpc) is 3.03. The molecule has 1 N–H and O–H groups in total. The molecule has 0 saturated carbocycles. The van der Waals surface area contributed by atoms with Crippen LogP contribution in [0, 0.1) is 5.92 Å². The first kappa shape index (κ1) is 15.4. The zero-order valence-corrected chi connectivity index (χ0v) is 14.5. The van der Waals surface area contributed by atoms with Gasteiger partial charge in [-0.1, -0.05) is 13.5 Å². The molecule has 0 aliphatic carbocycles. The molecule has 3 aliphatic heterocycles. The maximum atomic E-state index is 12.3. The number of nitrogens with one attached hydrogen (secondary N) is 1. The highest BCUT2D eigenvalue weighted by atomic mass is 16.2. The first-order chi connectivity index (χ1) is 11.6. The second-order valence-corrected chi connectivity index (χ2v) is 7.40. The van der Waals surface area contributed by atoms with E-state index < -0.39 is 0 Å². The summed E-state index contributed by atoms with van der Waals surface area (Å²) in [6.45, 7) is 11.5. The summed E-state index contributed by atoms with van der Waals surface area (Å²) in [6, 6.07) is 0.324. The molecule has 1 aromatic heterocycles. The Kier molecular flexibility index (Phi) is 3.70. The molecule has 0 radical (unpaired) electrons. The highest BCUT2D eigenvalue weighted by molar-refractivity contribution is 5.92. The molecule has 3 aliphatic rings. The molecular formula is C18H25N5O. The van der Waals surface area contributed by atoms with E-state index in [4.69, 9.17) is 0 Å². The van der Waals surface area contributed by atoms with E-state index in [-0.39, 0.29) is 5.91 Å². The molecule has 4 heterocycles. The summed E-state index contributed by atoms with van der Waals surface area (Å²) in [5, 5.41) is 3.42. The van der Waals surface area contributed by atoms with Crippen LogP contribution in [-0.4, -0.2) is 53.0 Å². The summed E-state index contributed by atoms with van der Waals surface area (Å²) in [5.74, 6) is 3.21. The van der Waals surface area contributed by atoms with E-state index in [0.29, 0.717) is 23.5 Å². The van der Waals surface area contributed by atoms with Crippen molar-refractivity contribution in [2.24, 2.45) is 5.92 Å². The standard InChI is InChI=1S/C18H25N5O/c1-11(2)18(24)22-6-4-5-13(9-22)23-8-12(3)14-7-19-16-15(14)17(23)21-10-20-16/h10,12-14H,1,4-9H2,2-3H3,(H,19,20,21)/t12?,13-,14?/m1/s1. The van der Waals surface area contributed by atoms with Gasteiger partial charge in [-0.05, 0) is 25.7 Å². The van der Waals surface area contributed by atoms with Gasteiger partial charge >= 0.3 is 0 Å². The second-order valence-electron chi connectivity index (χ2n) is 7.40. The van der Waals surface area contributed by atoms with Crippen LogP contribution in [0.15, 0.2) is 18.5 Å². The van der Waals surface area contributed by atoms with Gasteiger partial charge in [-0.3, -0.25) is 4.79 Å².